The third-order valence-corrected chi connectivity index (χ3v) is 7.45. The zero-order valence-electron chi connectivity index (χ0n) is 16.3. The Balaban J connectivity index is 1.48. The SMILES string of the molecule is N[S@](=O)(=NC(=O)Nc1c2c(cc3c1CCC3)CCC2)c1cnn2c1COCCC2. The fraction of sp³-hybridized carbons (Fsp3) is 0.500. The second kappa shape index (κ2) is 7.23. The third-order valence-electron chi connectivity index (χ3n) is 6.05. The number of fused-ring (bicyclic) bond motifs is 3. The first kappa shape index (κ1) is 18.8. The predicted octanol–water partition coefficient (Wildman–Crippen LogP) is 2.71. The van der Waals surface area contributed by atoms with Gasteiger partial charge >= 0.3 is 6.03 Å². The van der Waals surface area contributed by atoms with Gasteiger partial charge in [-0.3, -0.25) is 4.68 Å². The van der Waals surface area contributed by atoms with Crippen molar-refractivity contribution >= 4 is 21.6 Å². The van der Waals surface area contributed by atoms with Gasteiger partial charge in [0.05, 0.1) is 18.5 Å². The van der Waals surface area contributed by atoms with E-state index in [0.29, 0.717) is 18.8 Å². The Labute approximate surface area is 170 Å². The van der Waals surface area contributed by atoms with Gasteiger partial charge in [-0.1, -0.05) is 6.07 Å². The number of nitrogens with one attached hydrogen (secondary N) is 1. The van der Waals surface area contributed by atoms with Gasteiger partial charge in [0.25, 0.3) is 0 Å². The van der Waals surface area contributed by atoms with E-state index < -0.39 is 15.9 Å². The highest BCUT2D eigenvalue weighted by atomic mass is 32.2. The standard InChI is InChI=1S/C20H25N5O3S/c21-29(27,18-11-22-25-8-3-9-28-12-17(18)25)24-20(26)23-19-15-6-1-4-13(15)10-14-5-2-7-16(14)19/h10-11H,1-9,12H2,(H3,21,23,24,26,27)/t29-/m0/s1. The molecule has 8 nitrogen and oxygen atoms in total. The van der Waals surface area contributed by atoms with Crippen molar-refractivity contribution in [3.05, 3.63) is 40.2 Å². The quantitative estimate of drug-likeness (QED) is 0.785. The summed E-state index contributed by atoms with van der Waals surface area (Å²) in [6.07, 6.45) is 8.43. The molecular weight excluding hydrogens is 390 g/mol. The van der Waals surface area contributed by atoms with Crippen molar-refractivity contribution in [2.24, 2.45) is 9.50 Å². The lowest BCUT2D eigenvalue weighted by atomic mass is 9.99. The molecule has 0 spiro atoms. The van der Waals surface area contributed by atoms with Crippen LogP contribution in [0.3, 0.4) is 0 Å². The normalized spacial score (nSPS) is 19.6. The lowest BCUT2D eigenvalue weighted by Crippen LogP contribution is -2.20. The molecular formula is C20H25N5O3S. The van der Waals surface area contributed by atoms with Crippen LogP contribution in [0, 0.1) is 0 Å². The van der Waals surface area contributed by atoms with Crippen molar-refractivity contribution in [1.82, 2.24) is 9.78 Å². The number of amides is 2. The molecule has 1 aromatic carbocycles. The minimum atomic E-state index is -3.42. The number of aryl methyl sites for hydroxylation is 3. The summed E-state index contributed by atoms with van der Waals surface area (Å²) in [7, 11) is -3.42. The van der Waals surface area contributed by atoms with Crippen LogP contribution in [0.5, 0.6) is 0 Å². The van der Waals surface area contributed by atoms with Crippen LogP contribution in [0.4, 0.5) is 10.5 Å². The summed E-state index contributed by atoms with van der Waals surface area (Å²) < 4.78 is 24.3. The van der Waals surface area contributed by atoms with E-state index in [0.717, 1.165) is 50.6 Å². The largest absolute Gasteiger partial charge is 0.375 e. The van der Waals surface area contributed by atoms with Crippen LogP contribution in [0.25, 0.3) is 0 Å². The van der Waals surface area contributed by atoms with E-state index in [-0.39, 0.29) is 11.5 Å². The molecule has 29 heavy (non-hydrogen) atoms. The molecule has 1 aromatic heterocycles. The summed E-state index contributed by atoms with van der Waals surface area (Å²) in [6, 6.07) is 1.63. The molecule has 1 aliphatic heterocycles. The number of carbonyl (C=O) groups excluding carboxylic acids is 1. The van der Waals surface area contributed by atoms with Gasteiger partial charge in [0.1, 0.15) is 14.8 Å². The van der Waals surface area contributed by atoms with Crippen molar-refractivity contribution in [3.8, 4) is 0 Å². The average molecular weight is 416 g/mol. The molecule has 5 rings (SSSR count). The van der Waals surface area contributed by atoms with Crippen LogP contribution in [0.15, 0.2) is 21.5 Å². The van der Waals surface area contributed by atoms with Crippen LogP contribution in [-0.4, -0.2) is 26.6 Å². The van der Waals surface area contributed by atoms with Gasteiger partial charge in [0.2, 0.25) is 0 Å². The smallest absolute Gasteiger partial charge is 0.354 e. The van der Waals surface area contributed by atoms with Gasteiger partial charge < -0.3 is 10.1 Å². The summed E-state index contributed by atoms with van der Waals surface area (Å²) in [5.74, 6) is 0. The Morgan fingerprint density at radius 2 is 1.90 bits per heavy atom. The second-order valence-corrected chi connectivity index (χ2v) is 9.67. The maximum atomic E-state index is 13.1. The molecule has 2 heterocycles. The van der Waals surface area contributed by atoms with E-state index in [4.69, 9.17) is 9.88 Å². The molecule has 1 atom stereocenters. The highest BCUT2D eigenvalue weighted by Gasteiger charge is 2.26. The molecule has 0 bridgehead atoms. The molecule has 2 aliphatic carbocycles. The maximum Gasteiger partial charge on any atom is 0.354 e. The molecule has 0 saturated carbocycles. The molecule has 3 aliphatic rings. The minimum Gasteiger partial charge on any atom is -0.375 e. The number of rotatable bonds is 2. The number of aromatic nitrogens is 2. The van der Waals surface area contributed by atoms with Gasteiger partial charge in [0, 0.05) is 18.8 Å². The molecule has 2 aromatic rings. The summed E-state index contributed by atoms with van der Waals surface area (Å²) in [5.41, 5.74) is 6.53. The van der Waals surface area contributed by atoms with Crippen molar-refractivity contribution in [2.45, 2.75) is 63.0 Å². The monoisotopic (exact) mass is 415 g/mol. The molecule has 154 valence electrons. The lowest BCUT2D eigenvalue weighted by molar-refractivity contribution is 0.123. The van der Waals surface area contributed by atoms with Crippen LogP contribution in [0.1, 0.15) is 47.2 Å². The van der Waals surface area contributed by atoms with Gasteiger partial charge in [-0.25, -0.2) is 14.1 Å². The summed E-state index contributed by atoms with van der Waals surface area (Å²) in [6.45, 7) is 1.54. The number of ether oxygens (including phenoxy) is 1. The Hall–Kier alpha value is -2.23. The first-order valence-electron chi connectivity index (χ1n) is 10.2. The minimum absolute atomic E-state index is 0.264. The molecule has 0 saturated heterocycles. The van der Waals surface area contributed by atoms with Crippen molar-refractivity contribution in [3.63, 3.8) is 0 Å². The van der Waals surface area contributed by atoms with Crippen molar-refractivity contribution in [1.29, 1.82) is 0 Å². The first-order valence-corrected chi connectivity index (χ1v) is 11.8. The molecule has 0 fully saturated rings. The Morgan fingerprint density at radius 1 is 1.17 bits per heavy atom. The van der Waals surface area contributed by atoms with E-state index in [1.54, 1.807) is 4.68 Å². The van der Waals surface area contributed by atoms with E-state index in [9.17, 15) is 9.00 Å². The molecule has 0 radical (unpaired) electrons. The number of benzene rings is 1. The van der Waals surface area contributed by atoms with Crippen molar-refractivity contribution < 1.29 is 13.7 Å². The average Bonchev–Trinajstić information content (AvgIpc) is 3.38. The van der Waals surface area contributed by atoms with Crippen LogP contribution < -0.4 is 10.5 Å². The van der Waals surface area contributed by atoms with E-state index in [1.807, 2.05) is 0 Å². The second-order valence-electron chi connectivity index (χ2n) is 7.91. The number of carbonyl (C=O) groups is 1. The highest BCUT2D eigenvalue weighted by Crippen LogP contribution is 2.38. The Bertz CT molecular complexity index is 1080. The Kier molecular flexibility index (Phi) is 4.68. The number of hydrogen-bond acceptors (Lipinski definition) is 4. The molecule has 0 unspecified atom stereocenters. The van der Waals surface area contributed by atoms with Crippen LogP contribution in [-0.2, 0) is 53.5 Å². The summed E-state index contributed by atoms with van der Waals surface area (Å²) >= 11 is 0. The highest BCUT2D eigenvalue weighted by molar-refractivity contribution is 7.91. The number of nitrogens with two attached hydrogens (primary N) is 1. The number of urea groups is 1. The van der Waals surface area contributed by atoms with E-state index in [1.165, 1.54) is 28.5 Å². The summed E-state index contributed by atoms with van der Waals surface area (Å²) in [5, 5.41) is 13.2. The van der Waals surface area contributed by atoms with Crippen molar-refractivity contribution in [2.75, 3.05) is 11.9 Å². The zero-order valence-corrected chi connectivity index (χ0v) is 17.1. The predicted molar refractivity (Wildman–Crippen MR) is 109 cm³/mol. The zero-order chi connectivity index (χ0) is 20.0. The van der Waals surface area contributed by atoms with Gasteiger partial charge in [-0.05, 0) is 67.2 Å². The van der Waals surface area contributed by atoms with E-state index >= 15 is 0 Å². The molecule has 2 amide bonds. The fourth-order valence-corrected chi connectivity index (χ4v) is 5.82. The van der Waals surface area contributed by atoms with Crippen LogP contribution >= 0.6 is 0 Å². The lowest BCUT2D eigenvalue weighted by Gasteiger charge is -2.15. The number of anilines is 1. The van der Waals surface area contributed by atoms with Gasteiger partial charge in [0.15, 0.2) is 0 Å². The third kappa shape index (κ3) is 3.37. The molecule has 9 heteroatoms. The van der Waals surface area contributed by atoms with E-state index in [2.05, 4.69) is 20.8 Å². The topological polar surface area (TPSA) is 112 Å². The number of nitrogens with zero attached hydrogens (tertiary/aromatic N) is 3. The summed E-state index contributed by atoms with van der Waals surface area (Å²) in [4.78, 5) is 13.0. The first-order chi connectivity index (χ1) is 14.0. The maximum absolute atomic E-state index is 13.1. The Morgan fingerprint density at radius 3 is 2.62 bits per heavy atom. The van der Waals surface area contributed by atoms with Gasteiger partial charge in [-0.15, -0.1) is 4.36 Å². The fourth-order valence-electron chi connectivity index (χ4n) is 4.73. The van der Waals surface area contributed by atoms with Crippen LogP contribution in [0.2, 0.25) is 0 Å². The number of hydrogen-bond donors (Lipinski definition) is 2. The molecule has 3 N–H and O–H groups in total. The van der Waals surface area contributed by atoms with Gasteiger partial charge in [-0.2, -0.15) is 5.10 Å².